The zero-order valence-electron chi connectivity index (χ0n) is 20.4. The lowest BCUT2D eigenvalue weighted by Crippen LogP contribution is -2.54. The summed E-state index contributed by atoms with van der Waals surface area (Å²) in [4.78, 5) is 4.71. The summed E-state index contributed by atoms with van der Waals surface area (Å²) in [6, 6.07) is 22.9. The highest BCUT2D eigenvalue weighted by atomic mass is 28.3. The van der Waals surface area contributed by atoms with Crippen LogP contribution in [0.5, 0.6) is 0 Å². The maximum atomic E-state index is 4.71. The molecule has 0 aliphatic heterocycles. The summed E-state index contributed by atoms with van der Waals surface area (Å²) in [5.74, 6) is 0.718. The normalized spacial score (nSPS) is 15.2. The van der Waals surface area contributed by atoms with Gasteiger partial charge < -0.3 is 0 Å². The molecular weight excluding hydrogens is 416 g/mol. The molecule has 0 amide bonds. The van der Waals surface area contributed by atoms with Crippen molar-refractivity contribution >= 4 is 29.4 Å². The fourth-order valence-corrected chi connectivity index (χ4v) is 7.78. The molecule has 0 N–H and O–H groups in total. The Kier molecular flexibility index (Phi) is 5.92. The van der Waals surface area contributed by atoms with Crippen LogP contribution in [0.4, 0.5) is 0 Å². The monoisotopic (exact) mass is 451 g/mol. The van der Waals surface area contributed by atoms with E-state index in [0.717, 1.165) is 5.92 Å². The van der Waals surface area contributed by atoms with Crippen molar-refractivity contribution in [3.8, 4) is 11.3 Å². The van der Waals surface area contributed by atoms with Gasteiger partial charge >= 0.3 is 0 Å². The smallest absolute Gasteiger partial charge is 0.220 e. The molecule has 3 heteroatoms. The zero-order valence-corrected chi connectivity index (χ0v) is 21.4. The van der Waals surface area contributed by atoms with E-state index in [4.69, 9.17) is 4.98 Å². The summed E-state index contributed by atoms with van der Waals surface area (Å²) < 4.78 is 2.30. The molecule has 1 aliphatic rings. The van der Waals surface area contributed by atoms with E-state index in [9.17, 15) is 0 Å². The van der Waals surface area contributed by atoms with E-state index in [1.807, 2.05) is 12.3 Å². The van der Waals surface area contributed by atoms with Gasteiger partial charge in [0.15, 0.2) is 6.20 Å². The molecule has 1 aliphatic carbocycles. The van der Waals surface area contributed by atoms with Gasteiger partial charge in [0, 0.05) is 23.1 Å². The molecule has 2 aromatic heterocycles. The number of hydrogen-bond donors (Lipinski definition) is 0. The minimum Gasteiger partial charge on any atom is -0.266 e. The molecular formula is C30H35N2Si+. The maximum absolute atomic E-state index is 4.71. The van der Waals surface area contributed by atoms with Gasteiger partial charge in [0.2, 0.25) is 5.69 Å². The Bertz CT molecular complexity index is 1290. The van der Waals surface area contributed by atoms with Gasteiger partial charge in [-0.15, -0.1) is 0 Å². The topological polar surface area (TPSA) is 16.8 Å². The third-order valence-corrected chi connectivity index (χ3v) is 11.1. The highest BCUT2D eigenvalue weighted by molar-refractivity contribution is 7.00. The fraction of sp³-hybridized carbons (Fsp3) is 0.333. The lowest BCUT2D eigenvalue weighted by Gasteiger charge is -2.23. The molecule has 2 nitrogen and oxygen atoms in total. The molecule has 0 spiro atoms. The van der Waals surface area contributed by atoms with Crippen molar-refractivity contribution in [3.05, 3.63) is 84.2 Å². The van der Waals surface area contributed by atoms with Crippen LogP contribution in [0, 0.1) is 6.92 Å². The van der Waals surface area contributed by atoms with E-state index in [2.05, 4.69) is 92.4 Å². The average molecular weight is 452 g/mol. The largest absolute Gasteiger partial charge is 0.266 e. The highest BCUT2D eigenvalue weighted by Gasteiger charge is 2.28. The third kappa shape index (κ3) is 4.15. The number of hydrogen-bond acceptors (Lipinski definition) is 1. The second-order valence-corrected chi connectivity index (χ2v) is 14.7. The van der Waals surface area contributed by atoms with Crippen LogP contribution in [0.15, 0.2) is 73.1 Å². The molecule has 1 fully saturated rings. The summed E-state index contributed by atoms with van der Waals surface area (Å²) in [5.41, 5.74) is 5.57. The van der Waals surface area contributed by atoms with E-state index in [1.54, 1.807) is 0 Å². The molecule has 1 saturated carbocycles. The van der Waals surface area contributed by atoms with E-state index in [1.165, 1.54) is 75.8 Å². The van der Waals surface area contributed by atoms with Crippen LogP contribution in [0.2, 0.25) is 13.1 Å². The highest BCUT2D eigenvalue weighted by Crippen LogP contribution is 2.36. The van der Waals surface area contributed by atoms with Crippen LogP contribution in [0.3, 0.4) is 0 Å². The molecule has 5 rings (SSSR count). The minimum absolute atomic E-state index is 0.718. The number of benzene rings is 2. The van der Waals surface area contributed by atoms with Gasteiger partial charge in [-0.1, -0.05) is 67.9 Å². The van der Waals surface area contributed by atoms with Gasteiger partial charge in [-0.2, -0.15) is 0 Å². The Hall–Kier alpha value is -2.78. The number of pyridine rings is 2. The van der Waals surface area contributed by atoms with E-state index in [0.29, 0.717) is 0 Å². The van der Waals surface area contributed by atoms with Gasteiger partial charge in [0.1, 0.15) is 15.1 Å². The summed E-state index contributed by atoms with van der Waals surface area (Å²) >= 11 is 0. The molecule has 0 atom stereocenters. The first-order valence-corrected chi connectivity index (χ1v) is 15.4. The van der Waals surface area contributed by atoms with Gasteiger partial charge in [-0.25, -0.2) is 4.57 Å². The maximum Gasteiger partial charge on any atom is 0.220 e. The first-order valence-electron chi connectivity index (χ1n) is 12.4. The standard InChI is InChI=1S/C30H35N2Si/c1-22-13-14-24(23-10-6-5-7-11-23)21-28(22)30-27-16-15-26(20-25(27)17-19-32(30)2)33(3,4)29-12-8-9-18-31-29/h8-9,12-21,23H,5-7,10-11H2,1-4H3/q+1. The molecule has 2 aromatic carbocycles. The Morgan fingerprint density at radius 1 is 0.909 bits per heavy atom. The SMILES string of the molecule is Cc1ccc(C2CCCCC2)cc1-c1c2ccc([Si](C)(C)c3ccccn3)cc2cc[n+]1C. The Labute approximate surface area is 199 Å². The number of nitrogens with zero attached hydrogens (tertiary/aromatic N) is 2. The molecule has 4 aromatic rings. The molecule has 0 radical (unpaired) electrons. The molecule has 168 valence electrons. The predicted molar refractivity (Wildman–Crippen MR) is 142 cm³/mol. The third-order valence-electron chi connectivity index (χ3n) is 7.76. The van der Waals surface area contributed by atoms with Crippen molar-refractivity contribution in [1.29, 1.82) is 0 Å². The van der Waals surface area contributed by atoms with Crippen LogP contribution < -0.4 is 15.1 Å². The summed E-state index contributed by atoms with van der Waals surface area (Å²) in [5, 5.41) is 5.32. The second kappa shape index (κ2) is 8.87. The van der Waals surface area contributed by atoms with Crippen molar-refractivity contribution in [2.75, 3.05) is 0 Å². The predicted octanol–water partition coefficient (Wildman–Crippen LogP) is 5.91. The first-order chi connectivity index (χ1) is 15.9. The zero-order chi connectivity index (χ0) is 23.0. The molecule has 33 heavy (non-hydrogen) atoms. The quantitative estimate of drug-likeness (QED) is 0.279. The first kappa shape index (κ1) is 22.0. The van der Waals surface area contributed by atoms with Crippen molar-refractivity contribution in [1.82, 2.24) is 4.98 Å². The van der Waals surface area contributed by atoms with E-state index in [-0.39, 0.29) is 0 Å². The van der Waals surface area contributed by atoms with Gasteiger partial charge in [0.05, 0.1) is 5.39 Å². The lowest BCUT2D eigenvalue weighted by atomic mass is 9.82. The average Bonchev–Trinajstić information content (AvgIpc) is 2.85. The van der Waals surface area contributed by atoms with Crippen molar-refractivity contribution < 1.29 is 4.57 Å². The second-order valence-electron chi connectivity index (χ2n) is 10.3. The Morgan fingerprint density at radius 2 is 1.73 bits per heavy atom. The lowest BCUT2D eigenvalue weighted by molar-refractivity contribution is -0.659. The van der Waals surface area contributed by atoms with Crippen LogP contribution in [0.1, 0.15) is 49.1 Å². The molecule has 0 unspecified atom stereocenters. The minimum atomic E-state index is -1.84. The van der Waals surface area contributed by atoms with E-state index >= 15 is 0 Å². The van der Waals surface area contributed by atoms with E-state index < -0.39 is 8.07 Å². The van der Waals surface area contributed by atoms with Crippen molar-refractivity contribution in [2.24, 2.45) is 7.05 Å². The number of aryl methyl sites for hydroxylation is 2. The van der Waals surface area contributed by atoms with Gasteiger partial charge in [-0.3, -0.25) is 4.98 Å². The van der Waals surface area contributed by atoms with Gasteiger partial charge in [0.25, 0.3) is 0 Å². The fourth-order valence-electron chi connectivity index (χ4n) is 5.56. The number of rotatable bonds is 4. The summed E-state index contributed by atoms with van der Waals surface area (Å²) in [7, 11) is 0.339. The van der Waals surface area contributed by atoms with Crippen molar-refractivity contribution in [2.45, 2.75) is 58.0 Å². The Morgan fingerprint density at radius 3 is 2.48 bits per heavy atom. The van der Waals surface area contributed by atoms with Crippen LogP contribution >= 0.6 is 0 Å². The molecule has 0 saturated heterocycles. The van der Waals surface area contributed by atoms with Crippen LogP contribution in [0.25, 0.3) is 22.0 Å². The van der Waals surface area contributed by atoms with Crippen LogP contribution in [-0.2, 0) is 7.05 Å². The van der Waals surface area contributed by atoms with Gasteiger partial charge in [-0.05, 0) is 66.5 Å². The molecule has 0 bridgehead atoms. The Balaban J connectivity index is 1.62. The van der Waals surface area contributed by atoms with Crippen molar-refractivity contribution in [3.63, 3.8) is 0 Å². The summed E-state index contributed by atoms with van der Waals surface area (Å²) in [6.07, 6.45) is 11.0. The number of aromatic nitrogens is 2. The summed E-state index contributed by atoms with van der Waals surface area (Å²) in [6.45, 7) is 7.06. The molecule has 2 heterocycles. The van der Waals surface area contributed by atoms with Crippen LogP contribution in [-0.4, -0.2) is 13.1 Å². The number of fused-ring (bicyclic) bond motifs is 1.